The van der Waals surface area contributed by atoms with E-state index in [1.807, 2.05) is 0 Å². The first-order valence-electron chi connectivity index (χ1n) is 2.95. The van der Waals surface area contributed by atoms with Crippen molar-refractivity contribution in [2.24, 2.45) is 0 Å². The van der Waals surface area contributed by atoms with Crippen LogP contribution < -0.4 is 0 Å². The number of nitrogens with zero attached hydrogens (tertiary/aromatic N) is 2. The van der Waals surface area contributed by atoms with E-state index in [4.69, 9.17) is 0 Å². The normalized spacial score (nSPS) is 22.7. The molecular weight excluding hydrogens is 151 g/mol. The molecule has 1 aromatic rings. The van der Waals surface area contributed by atoms with E-state index in [9.17, 15) is 4.39 Å². The van der Waals surface area contributed by atoms with Crippen LogP contribution in [0.2, 0.25) is 0 Å². The van der Waals surface area contributed by atoms with Gasteiger partial charge >= 0.3 is 0 Å². The minimum absolute atomic E-state index is 0.280. The minimum atomic E-state index is -0.280. The average molecular weight is 156 g/mol. The van der Waals surface area contributed by atoms with E-state index in [1.54, 1.807) is 11.8 Å². The molecule has 1 atom stereocenters. The number of halogens is 1. The molecule has 0 aromatic carbocycles. The van der Waals surface area contributed by atoms with Crippen LogP contribution in [-0.4, -0.2) is 15.7 Å². The van der Waals surface area contributed by atoms with Crippen LogP contribution in [0.1, 0.15) is 10.9 Å². The maximum atomic E-state index is 12.7. The Balaban J connectivity index is 2.39. The number of aromatic nitrogens is 2. The highest BCUT2D eigenvalue weighted by Gasteiger charge is 2.28. The van der Waals surface area contributed by atoms with Gasteiger partial charge in [-0.15, -0.1) is 11.8 Å². The number of rotatable bonds is 1. The second-order valence-electron chi connectivity index (χ2n) is 2.08. The Morgan fingerprint density at radius 3 is 3.10 bits per heavy atom. The van der Waals surface area contributed by atoms with Crippen LogP contribution in [0.25, 0.3) is 0 Å². The molecular formula is C6H5FN2S. The highest BCUT2D eigenvalue weighted by atomic mass is 32.2. The van der Waals surface area contributed by atoms with Gasteiger partial charge in [-0.1, -0.05) is 0 Å². The summed E-state index contributed by atoms with van der Waals surface area (Å²) >= 11 is 1.71. The molecule has 1 fully saturated rings. The second kappa shape index (κ2) is 2.20. The lowest BCUT2D eigenvalue weighted by Gasteiger charge is -1.93. The third-order valence-corrected chi connectivity index (χ3v) is 2.22. The van der Waals surface area contributed by atoms with Gasteiger partial charge in [-0.05, 0) is 0 Å². The Hall–Kier alpha value is -0.640. The topological polar surface area (TPSA) is 25.8 Å². The first-order valence-corrected chi connectivity index (χ1v) is 4.00. The molecule has 52 valence electrons. The Morgan fingerprint density at radius 2 is 2.50 bits per heavy atom. The molecule has 0 spiro atoms. The van der Waals surface area contributed by atoms with Gasteiger partial charge in [0, 0.05) is 5.75 Å². The fourth-order valence-corrected chi connectivity index (χ4v) is 1.35. The molecule has 1 aliphatic heterocycles. The van der Waals surface area contributed by atoms with Gasteiger partial charge < -0.3 is 0 Å². The van der Waals surface area contributed by atoms with E-state index in [-0.39, 0.29) is 5.82 Å². The van der Waals surface area contributed by atoms with Crippen LogP contribution in [0.15, 0.2) is 12.5 Å². The van der Waals surface area contributed by atoms with E-state index in [0.717, 1.165) is 5.75 Å². The third kappa shape index (κ3) is 0.988. The Labute approximate surface area is 61.9 Å². The molecule has 1 saturated heterocycles. The molecule has 0 amide bonds. The van der Waals surface area contributed by atoms with Crippen LogP contribution in [0.5, 0.6) is 0 Å². The van der Waals surface area contributed by atoms with E-state index >= 15 is 0 Å². The van der Waals surface area contributed by atoms with Gasteiger partial charge in [0.15, 0.2) is 5.82 Å². The van der Waals surface area contributed by atoms with E-state index in [1.165, 1.54) is 12.5 Å². The Morgan fingerprint density at radius 1 is 1.70 bits per heavy atom. The summed E-state index contributed by atoms with van der Waals surface area (Å²) in [5, 5.41) is 0.294. The van der Waals surface area contributed by atoms with Gasteiger partial charge in [-0.3, -0.25) is 0 Å². The van der Waals surface area contributed by atoms with Gasteiger partial charge in [0.2, 0.25) is 0 Å². The van der Waals surface area contributed by atoms with Crippen LogP contribution in [0.3, 0.4) is 0 Å². The lowest BCUT2D eigenvalue weighted by atomic mass is 10.3. The smallest absolute Gasteiger partial charge is 0.164 e. The lowest BCUT2D eigenvalue weighted by Crippen LogP contribution is -1.92. The standard InChI is InChI=1S/C6H5FN2S/c7-4-1-8-3-9-6(4)5-2-10-5/h1,3,5H,2H2. The summed E-state index contributed by atoms with van der Waals surface area (Å²) in [5.41, 5.74) is 0.556. The lowest BCUT2D eigenvalue weighted by molar-refractivity contribution is 0.595. The maximum Gasteiger partial charge on any atom is 0.164 e. The van der Waals surface area contributed by atoms with Crippen molar-refractivity contribution in [2.75, 3.05) is 5.75 Å². The van der Waals surface area contributed by atoms with Crippen molar-refractivity contribution in [2.45, 2.75) is 5.25 Å². The first-order chi connectivity index (χ1) is 4.88. The van der Waals surface area contributed by atoms with Gasteiger partial charge in [0.05, 0.1) is 17.1 Å². The fourth-order valence-electron chi connectivity index (χ4n) is 0.765. The van der Waals surface area contributed by atoms with Gasteiger partial charge in [-0.2, -0.15) is 0 Å². The SMILES string of the molecule is Fc1cncnc1C1CS1. The Bertz CT molecular complexity index is 249. The zero-order valence-corrected chi connectivity index (χ0v) is 5.94. The van der Waals surface area contributed by atoms with Crippen molar-refractivity contribution in [3.05, 3.63) is 24.0 Å². The highest BCUT2D eigenvalue weighted by molar-refractivity contribution is 8.06. The maximum absolute atomic E-state index is 12.7. The molecule has 2 heterocycles. The predicted molar refractivity (Wildman–Crippen MR) is 37.2 cm³/mol. The molecule has 2 nitrogen and oxygen atoms in total. The van der Waals surface area contributed by atoms with Crippen LogP contribution >= 0.6 is 11.8 Å². The van der Waals surface area contributed by atoms with Crippen molar-refractivity contribution < 1.29 is 4.39 Å². The Kier molecular flexibility index (Phi) is 1.34. The third-order valence-electron chi connectivity index (χ3n) is 1.33. The zero-order chi connectivity index (χ0) is 6.97. The molecule has 1 aromatic heterocycles. The molecule has 0 bridgehead atoms. The summed E-state index contributed by atoms with van der Waals surface area (Å²) in [4.78, 5) is 7.39. The van der Waals surface area contributed by atoms with Crippen molar-refractivity contribution in [1.29, 1.82) is 0 Å². The molecule has 10 heavy (non-hydrogen) atoms. The molecule has 4 heteroatoms. The van der Waals surface area contributed by atoms with Crippen molar-refractivity contribution >= 4 is 11.8 Å². The monoisotopic (exact) mass is 156 g/mol. The summed E-state index contributed by atoms with van der Waals surface area (Å²) < 4.78 is 12.7. The zero-order valence-electron chi connectivity index (χ0n) is 5.12. The van der Waals surface area contributed by atoms with Crippen LogP contribution in [-0.2, 0) is 0 Å². The molecule has 2 rings (SSSR count). The molecule has 0 N–H and O–H groups in total. The van der Waals surface area contributed by atoms with Crippen molar-refractivity contribution in [3.8, 4) is 0 Å². The first kappa shape index (κ1) is 6.09. The van der Waals surface area contributed by atoms with Gasteiger partial charge in [0.25, 0.3) is 0 Å². The van der Waals surface area contributed by atoms with Gasteiger partial charge in [-0.25, -0.2) is 14.4 Å². The van der Waals surface area contributed by atoms with E-state index in [2.05, 4.69) is 9.97 Å². The van der Waals surface area contributed by atoms with E-state index in [0.29, 0.717) is 10.9 Å². The van der Waals surface area contributed by atoms with Gasteiger partial charge in [0.1, 0.15) is 6.33 Å². The predicted octanol–water partition coefficient (Wildman–Crippen LogP) is 1.40. The second-order valence-corrected chi connectivity index (χ2v) is 3.31. The summed E-state index contributed by atoms with van der Waals surface area (Å²) in [6.07, 6.45) is 2.60. The van der Waals surface area contributed by atoms with Crippen molar-refractivity contribution in [1.82, 2.24) is 9.97 Å². The fraction of sp³-hybridized carbons (Fsp3) is 0.333. The number of hydrogen-bond donors (Lipinski definition) is 0. The van der Waals surface area contributed by atoms with Crippen molar-refractivity contribution in [3.63, 3.8) is 0 Å². The summed E-state index contributed by atoms with van der Waals surface area (Å²) in [6.45, 7) is 0. The largest absolute Gasteiger partial charge is 0.242 e. The summed E-state index contributed by atoms with van der Waals surface area (Å²) in [5.74, 6) is 0.714. The van der Waals surface area contributed by atoms with Crippen LogP contribution in [0.4, 0.5) is 4.39 Å². The molecule has 1 aliphatic rings. The van der Waals surface area contributed by atoms with E-state index < -0.39 is 0 Å². The highest BCUT2D eigenvalue weighted by Crippen LogP contribution is 2.45. The summed E-state index contributed by atoms with van der Waals surface area (Å²) in [6, 6.07) is 0. The molecule has 0 radical (unpaired) electrons. The van der Waals surface area contributed by atoms with Crippen LogP contribution in [0, 0.1) is 5.82 Å². The molecule has 0 saturated carbocycles. The minimum Gasteiger partial charge on any atom is -0.242 e. The quantitative estimate of drug-likeness (QED) is 0.575. The number of thioether (sulfide) groups is 1. The average Bonchev–Trinajstić information content (AvgIpc) is 2.71. The number of hydrogen-bond acceptors (Lipinski definition) is 3. The summed E-state index contributed by atoms with van der Waals surface area (Å²) in [7, 11) is 0. The molecule has 0 aliphatic carbocycles. The molecule has 1 unspecified atom stereocenters.